The van der Waals surface area contributed by atoms with Gasteiger partial charge in [0.1, 0.15) is 35.7 Å². The molecule has 0 aliphatic carbocycles. The number of ether oxygens (including phenoxy) is 2. The summed E-state index contributed by atoms with van der Waals surface area (Å²) >= 11 is 0. The second-order valence-electron chi connectivity index (χ2n) is 7.10. The summed E-state index contributed by atoms with van der Waals surface area (Å²) in [6.07, 6.45) is 0. The van der Waals surface area contributed by atoms with Crippen molar-refractivity contribution in [2.24, 2.45) is 0 Å². The number of allylic oxidation sites excluding steroid dienone is 2. The summed E-state index contributed by atoms with van der Waals surface area (Å²) in [5.41, 5.74) is -3.36. The number of nitriles is 4. The van der Waals surface area contributed by atoms with Crippen LogP contribution in [-0.4, -0.2) is 0 Å². The summed E-state index contributed by atoms with van der Waals surface area (Å²) in [5, 5.41) is 34.6. The van der Waals surface area contributed by atoms with Crippen molar-refractivity contribution in [2.45, 2.75) is 0 Å². The minimum Gasteiger partial charge on any atom is -0.433 e. The van der Waals surface area contributed by atoms with E-state index in [4.69, 9.17) is 30.5 Å². The molecular formula is C22H2F6N6O2. The predicted molar refractivity (Wildman–Crippen MR) is 106 cm³/mol. The second kappa shape index (κ2) is 7.45. The van der Waals surface area contributed by atoms with E-state index in [0.29, 0.717) is 0 Å². The van der Waals surface area contributed by atoms with E-state index in [1.807, 2.05) is 0 Å². The molecule has 2 aliphatic heterocycles. The van der Waals surface area contributed by atoms with Crippen molar-refractivity contribution in [3.05, 3.63) is 57.8 Å². The van der Waals surface area contributed by atoms with E-state index in [1.54, 1.807) is 0 Å². The Bertz CT molecular complexity index is 1690. The maximum atomic E-state index is 15.6. The molecule has 36 heavy (non-hydrogen) atoms. The van der Waals surface area contributed by atoms with Crippen LogP contribution in [0.5, 0.6) is 11.5 Å². The number of fused-ring (bicyclic) bond motifs is 5. The van der Waals surface area contributed by atoms with Crippen molar-refractivity contribution < 1.29 is 35.8 Å². The van der Waals surface area contributed by atoms with Gasteiger partial charge in [-0.2, -0.15) is 21.0 Å². The molecule has 0 aromatic heterocycles. The van der Waals surface area contributed by atoms with E-state index in [1.165, 1.54) is 24.3 Å². The maximum absolute atomic E-state index is 15.6. The molecule has 0 bridgehead atoms. The normalized spacial score (nSPS) is 12.8. The predicted octanol–water partition coefficient (Wildman–Crippen LogP) is 4.95. The first kappa shape index (κ1) is 22.2. The summed E-state index contributed by atoms with van der Waals surface area (Å²) in [5.74, 6) is -14.5. The summed E-state index contributed by atoms with van der Waals surface area (Å²) in [6.45, 7) is 0. The number of hydrogen-bond acceptors (Lipinski definition) is 8. The summed E-state index contributed by atoms with van der Waals surface area (Å²) in [7, 11) is 0. The van der Waals surface area contributed by atoms with E-state index >= 15 is 17.6 Å². The van der Waals surface area contributed by atoms with Crippen molar-refractivity contribution >= 4 is 32.9 Å². The third kappa shape index (κ3) is 2.61. The van der Waals surface area contributed by atoms with Crippen LogP contribution in [0.1, 0.15) is 0 Å². The number of anilines is 2. The lowest BCUT2D eigenvalue weighted by molar-refractivity contribution is 0.422. The quantitative estimate of drug-likeness (QED) is 0.253. The van der Waals surface area contributed by atoms with Crippen LogP contribution >= 0.6 is 0 Å². The Morgan fingerprint density at radius 3 is 1.14 bits per heavy atom. The molecule has 0 fully saturated rings. The van der Waals surface area contributed by atoms with Crippen molar-refractivity contribution in [3.8, 4) is 35.8 Å². The van der Waals surface area contributed by atoms with E-state index in [2.05, 4.69) is 10.6 Å². The first-order valence-corrected chi connectivity index (χ1v) is 9.34. The van der Waals surface area contributed by atoms with Crippen LogP contribution in [0, 0.1) is 80.2 Å². The highest BCUT2D eigenvalue weighted by Crippen LogP contribution is 2.51. The van der Waals surface area contributed by atoms with E-state index in [0.717, 1.165) is 0 Å². The van der Waals surface area contributed by atoms with Crippen LogP contribution in [0.3, 0.4) is 0 Å². The number of benzene rings is 3. The van der Waals surface area contributed by atoms with Crippen molar-refractivity contribution in [2.75, 3.05) is 10.6 Å². The van der Waals surface area contributed by atoms with Gasteiger partial charge in [-0.1, -0.05) is 0 Å². The minimum atomic E-state index is -2.08. The lowest BCUT2D eigenvalue weighted by Crippen LogP contribution is -2.03. The molecular weight excluding hydrogens is 494 g/mol. The average Bonchev–Trinajstić information content (AvgIpc) is 3.50. The van der Waals surface area contributed by atoms with Gasteiger partial charge in [0.15, 0.2) is 57.5 Å². The van der Waals surface area contributed by atoms with Gasteiger partial charge in [0, 0.05) is 10.8 Å². The zero-order valence-corrected chi connectivity index (χ0v) is 16.9. The molecule has 0 saturated carbocycles. The van der Waals surface area contributed by atoms with E-state index in [9.17, 15) is 8.78 Å². The summed E-state index contributed by atoms with van der Waals surface area (Å²) in [6, 6.07) is 5.58. The zero-order chi connectivity index (χ0) is 26.0. The lowest BCUT2D eigenvalue weighted by Gasteiger charge is -2.14. The number of hydrogen-bond donors (Lipinski definition) is 2. The first-order chi connectivity index (χ1) is 17.2. The molecule has 3 aromatic carbocycles. The zero-order valence-electron chi connectivity index (χ0n) is 16.9. The standard InChI is InChI=1S/C22H2F6N6O2/c23-11-9-7(15(27)19-17(13(9)25)33-21(35-19)5(1-29)2-30)8-10(12(11)24)14(26)18-20(16(8)28)36-22(34-18)6(3-31)4-32/h33-34H. The molecule has 2 aliphatic rings. The van der Waals surface area contributed by atoms with Crippen LogP contribution in [0.25, 0.3) is 21.5 Å². The molecule has 0 amide bonds. The number of rotatable bonds is 0. The van der Waals surface area contributed by atoms with Gasteiger partial charge in [0.2, 0.25) is 11.8 Å². The average molecular weight is 496 g/mol. The smallest absolute Gasteiger partial charge is 0.227 e. The lowest BCUT2D eigenvalue weighted by atomic mass is 9.96. The molecule has 174 valence electrons. The Kier molecular flexibility index (Phi) is 4.60. The van der Waals surface area contributed by atoms with Gasteiger partial charge in [-0.3, -0.25) is 0 Å². The highest BCUT2D eigenvalue weighted by Gasteiger charge is 2.38. The molecule has 2 heterocycles. The fourth-order valence-electron chi connectivity index (χ4n) is 3.81. The van der Waals surface area contributed by atoms with Crippen LogP contribution in [-0.2, 0) is 0 Å². The Hall–Kier alpha value is -5.60. The molecule has 0 unspecified atom stereocenters. The Morgan fingerprint density at radius 1 is 0.500 bits per heavy atom. The maximum Gasteiger partial charge on any atom is 0.227 e. The molecule has 2 N–H and O–H groups in total. The molecule has 5 rings (SSSR count). The molecule has 0 radical (unpaired) electrons. The Balaban J connectivity index is 1.95. The van der Waals surface area contributed by atoms with Gasteiger partial charge < -0.3 is 20.1 Å². The van der Waals surface area contributed by atoms with Gasteiger partial charge in [0.05, 0.1) is 10.8 Å². The number of nitrogens with zero attached hydrogens (tertiary/aromatic N) is 4. The van der Waals surface area contributed by atoms with E-state index in [-0.39, 0.29) is 0 Å². The topological polar surface area (TPSA) is 138 Å². The molecule has 8 nitrogen and oxygen atoms in total. The van der Waals surface area contributed by atoms with Crippen molar-refractivity contribution in [3.63, 3.8) is 0 Å². The van der Waals surface area contributed by atoms with Crippen LogP contribution < -0.4 is 20.1 Å². The summed E-state index contributed by atoms with van der Waals surface area (Å²) < 4.78 is 102. The van der Waals surface area contributed by atoms with Crippen LogP contribution in [0.15, 0.2) is 22.9 Å². The van der Waals surface area contributed by atoms with Gasteiger partial charge >= 0.3 is 0 Å². The van der Waals surface area contributed by atoms with Crippen LogP contribution in [0.4, 0.5) is 37.7 Å². The highest BCUT2D eigenvalue weighted by atomic mass is 19.2. The summed E-state index contributed by atoms with van der Waals surface area (Å²) in [4.78, 5) is 0. The van der Waals surface area contributed by atoms with Gasteiger partial charge in [0.25, 0.3) is 0 Å². The molecule has 0 spiro atoms. The molecule has 14 heteroatoms. The van der Waals surface area contributed by atoms with Crippen molar-refractivity contribution in [1.82, 2.24) is 0 Å². The highest BCUT2D eigenvalue weighted by molar-refractivity contribution is 6.13. The van der Waals surface area contributed by atoms with Crippen LogP contribution in [0.2, 0.25) is 0 Å². The van der Waals surface area contributed by atoms with Gasteiger partial charge in [-0.25, -0.2) is 26.3 Å². The van der Waals surface area contributed by atoms with Crippen molar-refractivity contribution in [1.29, 1.82) is 21.0 Å². The van der Waals surface area contributed by atoms with Gasteiger partial charge in [-0.15, -0.1) is 0 Å². The first-order valence-electron chi connectivity index (χ1n) is 9.34. The van der Waals surface area contributed by atoms with Gasteiger partial charge in [-0.05, 0) is 0 Å². The third-order valence-corrected chi connectivity index (χ3v) is 5.34. The number of nitrogens with one attached hydrogen (secondary N) is 2. The Morgan fingerprint density at radius 2 is 0.833 bits per heavy atom. The SMILES string of the molecule is N#CC(C#N)=C1Nc2c(c(F)c3c(c2F)c(F)c(F)c2c(F)c4c(c(F)c23)OC(=C(C#N)C#N)N4)O1. The third-order valence-electron chi connectivity index (χ3n) is 5.34. The molecule has 0 atom stereocenters. The Labute approximate surface area is 194 Å². The number of halogens is 6. The monoisotopic (exact) mass is 496 g/mol. The molecule has 3 aromatic rings. The molecule has 0 saturated heterocycles. The second-order valence-corrected chi connectivity index (χ2v) is 7.10. The largest absolute Gasteiger partial charge is 0.433 e. The fraction of sp³-hybridized carbons (Fsp3) is 0. The van der Waals surface area contributed by atoms with E-state index < -0.39 is 102 Å². The fourth-order valence-corrected chi connectivity index (χ4v) is 3.81. The minimum absolute atomic E-state index is 0.733.